The lowest BCUT2D eigenvalue weighted by atomic mass is 10.4. The molecule has 0 aromatic carbocycles. The van der Waals surface area contributed by atoms with E-state index in [0.29, 0.717) is 13.1 Å². The molecule has 86 valence electrons. The van der Waals surface area contributed by atoms with Gasteiger partial charge in [0.2, 0.25) is 0 Å². The van der Waals surface area contributed by atoms with Crippen LogP contribution in [0.3, 0.4) is 0 Å². The molecule has 0 unspecified atom stereocenters. The van der Waals surface area contributed by atoms with Crippen molar-refractivity contribution in [2.75, 3.05) is 6.61 Å². The molecule has 0 aliphatic heterocycles. The molecule has 2 N–H and O–H groups in total. The van der Waals surface area contributed by atoms with Crippen molar-refractivity contribution in [1.82, 2.24) is 25.3 Å². The van der Waals surface area contributed by atoms with Gasteiger partial charge in [-0.15, -0.1) is 16.4 Å². The van der Waals surface area contributed by atoms with Gasteiger partial charge in [-0.05, 0) is 0 Å². The van der Waals surface area contributed by atoms with Crippen molar-refractivity contribution in [1.29, 1.82) is 0 Å². The van der Waals surface area contributed by atoms with Crippen LogP contribution in [0, 0.1) is 0 Å². The zero-order chi connectivity index (χ0) is 11.2. The average molecular weight is 239 g/mol. The number of thiazole rings is 1. The van der Waals surface area contributed by atoms with Crippen LogP contribution in [0.1, 0.15) is 11.4 Å². The Morgan fingerprint density at radius 2 is 2.25 bits per heavy atom. The van der Waals surface area contributed by atoms with Gasteiger partial charge in [-0.25, -0.2) is 9.67 Å². The van der Waals surface area contributed by atoms with Gasteiger partial charge in [0.25, 0.3) is 0 Å². The van der Waals surface area contributed by atoms with E-state index in [9.17, 15) is 0 Å². The van der Waals surface area contributed by atoms with Crippen LogP contribution in [-0.2, 0) is 19.6 Å². The molecule has 0 bridgehead atoms. The van der Waals surface area contributed by atoms with Gasteiger partial charge in [-0.3, -0.25) is 0 Å². The third-order valence-corrected chi connectivity index (χ3v) is 2.65. The lowest BCUT2D eigenvalue weighted by Crippen LogP contribution is -2.13. The van der Waals surface area contributed by atoms with Crippen molar-refractivity contribution < 1.29 is 5.11 Å². The molecule has 0 fully saturated rings. The quantitative estimate of drug-likeness (QED) is 0.743. The molecule has 2 rings (SSSR count). The van der Waals surface area contributed by atoms with Gasteiger partial charge < -0.3 is 10.4 Å². The molecular formula is C9H13N5OS. The van der Waals surface area contributed by atoms with Crippen molar-refractivity contribution >= 4 is 11.3 Å². The second kappa shape index (κ2) is 5.69. The Hall–Kier alpha value is -1.31. The molecule has 7 heteroatoms. The zero-order valence-corrected chi connectivity index (χ0v) is 9.52. The third kappa shape index (κ3) is 3.09. The summed E-state index contributed by atoms with van der Waals surface area (Å²) >= 11 is 1.59. The highest BCUT2D eigenvalue weighted by molar-refractivity contribution is 7.07. The number of aliphatic hydroxyl groups excluding tert-OH is 1. The molecule has 2 heterocycles. The largest absolute Gasteiger partial charge is 0.394 e. The smallest absolute Gasteiger partial charge is 0.0964 e. The van der Waals surface area contributed by atoms with Crippen molar-refractivity contribution in [3.8, 4) is 0 Å². The molecule has 0 aliphatic carbocycles. The van der Waals surface area contributed by atoms with Crippen LogP contribution in [0.25, 0.3) is 0 Å². The first-order valence-electron chi connectivity index (χ1n) is 4.96. The maximum absolute atomic E-state index is 8.72. The van der Waals surface area contributed by atoms with E-state index in [2.05, 4.69) is 20.6 Å². The lowest BCUT2D eigenvalue weighted by molar-refractivity contribution is 0.268. The van der Waals surface area contributed by atoms with Crippen molar-refractivity contribution in [2.24, 2.45) is 0 Å². The van der Waals surface area contributed by atoms with E-state index in [4.69, 9.17) is 5.11 Å². The molecule has 0 saturated carbocycles. The van der Waals surface area contributed by atoms with Crippen LogP contribution in [-0.4, -0.2) is 31.7 Å². The van der Waals surface area contributed by atoms with Crippen LogP contribution in [0.15, 0.2) is 17.1 Å². The molecule has 0 amide bonds. The Morgan fingerprint density at radius 3 is 3.00 bits per heavy atom. The molecule has 0 atom stereocenters. The Kier molecular flexibility index (Phi) is 3.97. The molecule has 16 heavy (non-hydrogen) atoms. The minimum Gasteiger partial charge on any atom is -0.394 e. The summed E-state index contributed by atoms with van der Waals surface area (Å²) in [6.07, 6.45) is 1.82. The Morgan fingerprint density at radius 1 is 1.38 bits per heavy atom. The van der Waals surface area contributed by atoms with Gasteiger partial charge in [0, 0.05) is 24.7 Å². The van der Waals surface area contributed by atoms with E-state index in [1.54, 1.807) is 16.0 Å². The van der Waals surface area contributed by atoms with Gasteiger partial charge in [0.05, 0.1) is 30.1 Å². The highest BCUT2D eigenvalue weighted by atomic mass is 32.1. The first-order valence-corrected chi connectivity index (χ1v) is 5.90. The van der Waals surface area contributed by atoms with Crippen molar-refractivity contribution in [3.05, 3.63) is 28.5 Å². The normalized spacial score (nSPS) is 10.8. The first-order chi connectivity index (χ1) is 7.88. The van der Waals surface area contributed by atoms with Crippen LogP contribution >= 0.6 is 11.3 Å². The molecule has 6 nitrogen and oxygen atoms in total. The molecular weight excluding hydrogens is 226 g/mol. The number of hydrogen-bond donors (Lipinski definition) is 2. The fourth-order valence-corrected chi connectivity index (χ4v) is 1.83. The second-order valence-electron chi connectivity index (χ2n) is 3.28. The van der Waals surface area contributed by atoms with E-state index in [-0.39, 0.29) is 6.61 Å². The maximum Gasteiger partial charge on any atom is 0.0964 e. The standard InChI is InChI=1S/C9H13N5OS/c15-2-1-14-5-8(12-13-14)3-10-4-9-6-16-7-11-9/h5-7,10,15H,1-4H2. The number of aromatic nitrogens is 4. The van der Waals surface area contributed by atoms with Gasteiger partial charge >= 0.3 is 0 Å². The van der Waals surface area contributed by atoms with Gasteiger partial charge in [0.15, 0.2) is 0 Å². The third-order valence-electron chi connectivity index (χ3n) is 2.01. The summed E-state index contributed by atoms with van der Waals surface area (Å²) in [5.41, 5.74) is 3.71. The van der Waals surface area contributed by atoms with E-state index >= 15 is 0 Å². The number of hydrogen-bond acceptors (Lipinski definition) is 6. The fraction of sp³-hybridized carbons (Fsp3) is 0.444. The van der Waals surface area contributed by atoms with Crippen LogP contribution in [0.4, 0.5) is 0 Å². The summed E-state index contributed by atoms with van der Waals surface area (Å²) in [5.74, 6) is 0. The summed E-state index contributed by atoms with van der Waals surface area (Å²) in [6, 6.07) is 0. The lowest BCUT2D eigenvalue weighted by Gasteiger charge is -1.98. The van der Waals surface area contributed by atoms with Crippen molar-refractivity contribution in [2.45, 2.75) is 19.6 Å². The van der Waals surface area contributed by atoms with Gasteiger partial charge in [-0.2, -0.15) is 0 Å². The molecule has 0 spiro atoms. The van der Waals surface area contributed by atoms with Crippen LogP contribution in [0.5, 0.6) is 0 Å². The van der Waals surface area contributed by atoms with Crippen LogP contribution in [0.2, 0.25) is 0 Å². The molecule has 0 saturated heterocycles. The predicted octanol–water partition coefficient (Wildman–Crippen LogP) is 0.0167. The predicted molar refractivity (Wildman–Crippen MR) is 59.8 cm³/mol. The summed E-state index contributed by atoms with van der Waals surface area (Å²) in [7, 11) is 0. The molecule has 2 aromatic rings. The summed E-state index contributed by atoms with van der Waals surface area (Å²) in [6.45, 7) is 1.95. The minimum absolute atomic E-state index is 0.0784. The maximum atomic E-state index is 8.72. The summed E-state index contributed by atoms with van der Waals surface area (Å²) in [5, 5.41) is 21.8. The van der Waals surface area contributed by atoms with Gasteiger partial charge in [-0.1, -0.05) is 5.21 Å². The van der Waals surface area contributed by atoms with Gasteiger partial charge in [0.1, 0.15) is 0 Å². The zero-order valence-electron chi connectivity index (χ0n) is 8.70. The summed E-state index contributed by atoms with van der Waals surface area (Å²) < 4.78 is 1.62. The number of nitrogens with zero attached hydrogens (tertiary/aromatic N) is 4. The monoisotopic (exact) mass is 239 g/mol. The number of aliphatic hydroxyl groups is 1. The minimum atomic E-state index is 0.0784. The topological polar surface area (TPSA) is 75.9 Å². The number of rotatable bonds is 6. The number of nitrogens with one attached hydrogen (secondary N) is 1. The Labute approximate surface area is 96.9 Å². The van der Waals surface area contributed by atoms with Crippen LogP contribution < -0.4 is 5.32 Å². The highest BCUT2D eigenvalue weighted by Gasteiger charge is 2.00. The highest BCUT2D eigenvalue weighted by Crippen LogP contribution is 2.00. The fourth-order valence-electron chi connectivity index (χ4n) is 1.27. The molecule has 0 aliphatic rings. The van der Waals surface area contributed by atoms with Crippen molar-refractivity contribution in [3.63, 3.8) is 0 Å². The molecule has 2 aromatic heterocycles. The van der Waals surface area contributed by atoms with E-state index in [1.807, 2.05) is 17.1 Å². The van der Waals surface area contributed by atoms with E-state index in [0.717, 1.165) is 17.9 Å². The second-order valence-corrected chi connectivity index (χ2v) is 4.00. The first kappa shape index (κ1) is 11.2. The molecule has 0 radical (unpaired) electrons. The van der Waals surface area contributed by atoms with E-state index in [1.165, 1.54) is 0 Å². The Bertz CT molecular complexity index is 413. The Balaban J connectivity index is 1.76. The summed E-state index contributed by atoms with van der Waals surface area (Å²) in [4.78, 5) is 4.16. The SMILES string of the molecule is OCCn1cc(CNCc2cscn2)nn1. The van der Waals surface area contributed by atoms with E-state index < -0.39 is 0 Å². The average Bonchev–Trinajstić information content (AvgIpc) is 2.90.